The Labute approximate surface area is 106 Å². The van der Waals surface area contributed by atoms with E-state index in [1.807, 2.05) is 13.8 Å². The van der Waals surface area contributed by atoms with Crippen LogP contribution in [0.3, 0.4) is 0 Å². The summed E-state index contributed by atoms with van der Waals surface area (Å²) >= 11 is 0. The van der Waals surface area contributed by atoms with Crippen LogP contribution in [-0.2, 0) is 16.0 Å². The standard InChI is InChI=1S/C13H19NO4/c1-8-5-11(6-9(2)16-8)18-13(15)12-4-3-10(7-14)17-12/h3-4,8-9,11H,5-7,14H2,1-2H3. The number of carbonyl (C=O) groups excluding carboxylic acids is 1. The molecule has 18 heavy (non-hydrogen) atoms. The molecule has 0 amide bonds. The molecular formula is C13H19NO4. The second-order valence-electron chi connectivity index (χ2n) is 4.73. The van der Waals surface area contributed by atoms with E-state index in [2.05, 4.69) is 0 Å². The van der Waals surface area contributed by atoms with Crippen LogP contribution >= 0.6 is 0 Å². The maximum atomic E-state index is 11.9. The number of nitrogens with two attached hydrogens (primary N) is 1. The van der Waals surface area contributed by atoms with Gasteiger partial charge >= 0.3 is 5.97 Å². The third-order valence-electron chi connectivity index (χ3n) is 2.99. The number of carbonyl (C=O) groups is 1. The number of hydrogen-bond donors (Lipinski definition) is 1. The predicted molar refractivity (Wildman–Crippen MR) is 65.0 cm³/mol. The van der Waals surface area contributed by atoms with Gasteiger partial charge in [0.25, 0.3) is 0 Å². The first-order valence-electron chi connectivity index (χ1n) is 6.23. The average molecular weight is 253 g/mol. The summed E-state index contributed by atoms with van der Waals surface area (Å²) in [5.74, 6) is 0.360. The molecule has 2 N–H and O–H groups in total. The molecule has 1 saturated heterocycles. The van der Waals surface area contributed by atoms with Crippen molar-refractivity contribution in [3.8, 4) is 0 Å². The van der Waals surface area contributed by atoms with Gasteiger partial charge in [0.2, 0.25) is 5.76 Å². The first-order valence-corrected chi connectivity index (χ1v) is 6.23. The van der Waals surface area contributed by atoms with E-state index in [0.29, 0.717) is 5.76 Å². The molecule has 0 saturated carbocycles. The van der Waals surface area contributed by atoms with E-state index >= 15 is 0 Å². The summed E-state index contributed by atoms with van der Waals surface area (Å²) in [6, 6.07) is 3.28. The van der Waals surface area contributed by atoms with Gasteiger partial charge in [0, 0.05) is 12.8 Å². The van der Waals surface area contributed by atoms with Crippen LogP contribution in [-0.4, -0.2) is 24.3 Å². The molecule has 2 rings (SSSR count). The Kier molecular flexibility index (Phi) is 4.04. The average Bonchev–Trinajstić information content (AvgIpc) is 2.75. The van der Waals surface area contributed by atoms with Gasteiger partial charge < -0.3 is 19.6 Å². The van der Waals surface area contributed by atoms with Crippen molar-refractivity contribution in [2.75, 3.05) is 0 Å². The highest BCUT2D eigenvalue weighted by atomic mass is 16.6. The molecule has 1 aliphatic heterocycles. The van der Waals surface area contributed by atoms with Crippen LogP contribution in [0, 0.1) is 0 Å². The molecule has 2 atom stereocenters. The van der Waals surface area contributed by atoms with E-state index in [4.69, 9.17) is 19.6 Å². The third kappa shape index (κ3) is 3.11. The molecule has 1 aromatic heterocycles. The van der Waals surface area contributed by atoms with E-state index in [9.17, 15) is 4.79 Å². The lowest BCUT2D eigenvalue weighted by Crippen LogP contribution is -2.35. The Bertz CT molecular complexity index is 405. The van der Waals surface area contributed by atoms with E-state index in [-0.39, 0.29) is 30.6 Å². The SMILES string of the molecule is CC1CC(OC(=O)c2ccc(CN)o2)CC(C)O1. The van der Waals surface area contributed by atoms with Crippen molar-refractivity contribution in [3.63, 3.8) is 0 Å². The fourth-order valence-corrected chi connectivity index (χ4v) is 2.25. The summed E-state index contributed by atoms with van der Waals surface area (Å²) in [6.07, 6.45) is 1.56. The van der Waals surface area contributed by atoms with E-state index < -0.39 is 5.97 Å². The summed E-state index contributed by atoms with van der Waals surface area (Å²) in [5.41, 5.74) is 5.42. The Morgan fingerprint density at radius 2 is 2.06 bits per heavy atom. The Morgan fingerprint density at radius 3 is 2.61 bits per heavy atom. The predicted octanol–water partition coefficient (Wildman–Crippen LogP) is 1.85. The maximum Gasteiger partial charge on any atom is 0.374 e. The molecule has 5 heteroatoms. The minimum Gasteiger partial charge on any atom is -0.456 e. The number of ether oxygens (including phenoxy) is 2. The highest BCUT2D eigenvalue weighted by Gasteiger charge is 2.28. The lowest BCUT2D eigenvalue weighted by atomic mass is 10.0. The first-order chi connectivity index (χ1) is 8.58. The van der Waals surface area contributed by atoms with Crippen molar-refractivity contribution >= 4 is 5.97 Å². The van der Waals surface area contributed by atoms with Gasteiger partial charge in [-0.25, -0.2) is 4.79 Å². The number of rotatable bonds is 3. The van der Waals surface area contributed by atoms with E-state index in [1.54, 1.807) is 12.1 Å². The number of esters is 1. The minimum atomic E-state index is -0.430. The van der Waals surface area contributed by atoms with E-state index in [0.717, 1.165) is 12.8 Å². The lowest BCUT2D eigenvalue weighted by molar-refractivity contribution is -0.0862. The fourth-order valence-electron chi connectivity index (χ4n) is 2.25. The monoisotopic (exact) mass is 253 g/mol. The maximum absolute atomic E-state index is 11.9. The molecule has 5 nitrogen and oxygen atoms in total. The Hall–Kier alpha value is -1.33. The Morgan fingerprint density at radius 1 is 1.39 bits per heavy atom. The molecule has 0 aromatic carbocycles. The molecule has 1 aliphatic rings. The molecule has 0 bridgehead atoms. The van der Waals surface area contributed by atoms with Crippen LogP contribution < -0.4 is 5.73 Å². The topological polar surface area (TPSA) is 74.7 Å². The molecule has 0 aliphatic carbocycles. The van der Waals surface area contributed by atoms with Crippen molar-refractivity contribution < 1.29 is 18.7 Å². The second kappa shape index (κ2) is 5.54. The van der Waals surface area contributed by atoms with Crippen LogP contribution in [0.25, 0.3) is 0 Å². The van der Waals surface area contributed by atoms with Gasteiger partial charge in [-0.05, 0) is 26.0 Å². The molecule has 1 aromatic rings. The molecule has 2 heterocycles. The summed E-state index contributed by atoms with van der Waals surface area (Å²) in [4.78, 5) is 11.9. The molecule has 1 fully saturated rings. The van der Waals surface area contributed by atoms with Crippen molar-refractivity contribution in [2.45, 2.75) is 51.5 Å². The lowest BCUT2D eigenvalue weighted by Gasteiger charge is -2.31. The van der Waals surface area contributed by atoms with Crippen LogP contribution in [0.4, 0.5) is 0 Å². The van der Waals surface area contributed by atoms with Crippen LogP contribution in [0.15, 0.2) is 16.5 Å². The van der Waals surface area contributed by atoms with Gasteiger partial charge in [0.15, 0.2) is 0 Å². The summed E-state index contributed by atoms with van der Waals surface area (Å²) in [6.45, 7) is 4.24. The van der Waals surface area contributed by atoms with Crippen molar-refractivity contribution in [1.29, 1.82) is 0 Å². The quantitative estimate of drug-likeness (QED) is 0.832. The van der Waals surface area contributed by atoms with Crippen LogP contribution in [0.2, 0.25) is 0 Å². The highest BCUT2D eigenvalue weighted by Crippen LogP contribution is 2.22. The minimum absolute atomic E-state index is 0.109. The van der Waals surface area contributed by atoms with Crippen molar-refractivity contribution in [3.05, 3.63) is 23.7 Å². The smallest absolute Gasteiger partial charge is 0.374 e. The Balaban J connectivity index is 1.94. The van der Waals surface area contributed by atoms with E-state index in [1.165, 1.54) is 0 Å². The van der Waals surface area contributed by atoms with Crippen LogP contribution in [0.1, 0.15) is 43.0 Å². The van der Waals surface area contributed by atoms with Gasteiger partial charge in [-0.1, -0.05) is 0 Å². The zero-order valence-corrected chi connectivity index (χ0v) is 10.7. The van der Waals surface area contributed by atoms with Crippen molar-refractivity contribution in [1.82, 2.24) is 0 Å². The molecule has 2 unspecified atom stereocenters. The second-order valence-corrected chi connectivity index (χ2v) is 4.73. The third-order valence-corrected chi connectivity index (χ3v) is 2.99. The number of hydrogen-bond acceptors (Lipinski definition) is 5. The van der Waals surface area contributed by atoms with Gasteiger partial charge in [-0.15, -0.1) is 0 Å². The highest BCUT2D eigenvalue weighted by molar-refractivity contribution is 5.86. The zero-order valence-electron chi connectivity index (χ0n) is 10.7. The van der Waals surface area contributed by atoms with Gasteiger partial charge in [-0.3, -0.25) is 0 Å². The zero-order chi connectivity index (χ0) is 13.1. The molecule has 0 spiro atoms. The van der Waals surface area contributed by atoms with Gasteiger partial charge in [-0.2, -0.15) is 0 Å². The fraction of sp³-hybridized carbons (Fsp3) is 0.615. The summed E-state index contributed by atoms with van der Waals surface area (Å²) < 4.78 is 16.3. The summed E-state index contributed by atoms with van der Waals surface area (Å²) in [7, 11) is 0. The number of furan rings is 1. The van der Waals surface area contributed by atoms with Crippen LogP contribution in [0.5, 0.6) is 0 Å². The molecule has 0 radical (unpaired) electrons. The van der Waals surface area contributed by atoms with Gasteiger partial charge in [0.1, 0.15) is 11.9 Å². The molecular weight excluding hydrogens is 234 g/mol. The largest absolute Gasteiger partial charge is 0.456 e. The summed E-state index contributed by atoms with van der Waals surface area (Å²) in [5, 5.41) is 0. The van der Waals surface area contributed by atoms with Crippen molar-refractivity contribution in [2.24, 2.45) is 5.73 Å². The van der Waals surface area contributed by atoms with Gasteiger partial charge in [0.05, 0.1) is 18.8 Å². The first kappa shape index (κ1) is 13.1. The molecule has 100 valence electrons. The normalized spacial score (nSPS) is 28.1.